The Morgan fingerprint density at radius 2 is 1.94 bits per heavy atom. The van der Waals surface area contributed by atoms with Crippen molar-refractivity contribution in [2.45, 2.75) is 38.5 Å². The van der Waals surface area contributed by atoms with Gasteiger partial charge in [0, 0.05) is 28.1 Å². The number of nitrogens with one attached hydrogen (secondary N) is 1. The van der Waals surface area contributed by atoms with Crippen molar-refractivity contribution in [3.63, 3.8) is 0 Å². The van der Waals surface area contributed by atoms with Gasteiger partial charge in [-0.25, -0.2) is 0 Å². The fourth-order valence-electron chi connectivity index (χ4n) is 1.57. The Hall–Kier alpha value is -0.180. The van der Waals surface area contributed by atoms with Gasteiger partial charge in [0.2, 0.25) is 0 Å². The van der Waals surface area contributed by atoms with E-state index in [2.05, 4.69) is 39.1 Å². The summed E-state index contributed by atoms with van der Waals surface area (Å²) >= 11 is 8.14. The van der Waals surface area contributed by atoms with E-state index in [0.717, 1.165) is 17.3 Å². The van der Waals surface area contributed by atoms with E-state index in [4.69, 9.17) is 11.6 Å². The van der Waals surface area contributed by atoms with Crippen LogP contribution in [0.2, 0.25) is 5.02 Å². The SMILES string of the molecule is C[C@H](NCCSC(C)(C)C)c1ccccc1Cl. The van der Waals surface area contributed by atoms with E-state index in [1.54, 1.807) is 0 Å². The number of halogens is 1. The molecule has 17 heavy (non-hydrogen) atoms. The summed E-state index contributed by atoms with van der Waals surface area (Å²) in [5.41, 5.74) is 1.18. The Labute approximate surface area is 114 Å². The maximum absolute atomic E-state index is 6.16. The average Bonchev–Trinajstić information content (AvgIpc) is 2.23. The molecule has 0 spiro atoms. The van der Waals surface area contributed by atoms with Gasteiger partial charge in [0.25, 0.3) is 0 Å². The highest BCUT2D eigenvalue weighted by Gasteiger charge is 2.11. The molecule has 0 aliphatic rings. The van der Waals surface area contributed by atoms with Gasteiger partial charge in [-0.05, 0) is 18.6 Å². The van der Waals surface area contributed by atoms with E-state index in [9.17, 15) is 0 Å². The van der Waals surface area contributed by atoms with Gasteiger partial charge in [0.05, 0.1) is 0 Å². The molecule has 0 aromatic heterocycles. The lowest BCUT2D eigenvalue weighted by Gasteiger charge is -2.19. The Balaban J connectivity index is 2.36. The number of thioether (sulfide) groups is 1. The first-order chi connectivity index (χ1) is 7.90. The van der Waals surface area contributed by atoms with Crippen LogP contribution in [0.3, 0.4) is 0 Å². The Kier molecular flexibility index (Phi) is 5.84. The molecule has 0 aliphatic carbocycles. The minimum Gasteiger partial charge on any atom is -0.309 e. The van der Waals surface area contributed by atoms with Crippen LogP contribution in [0.15, 0.2) is 24.3 Å². The molecule has 0 saturated carbocycles. The van der Waals surface area contributed by atoms with E-state index in [0.29, 0.717) is 10.8 Å². The molecular weight excluding hydrogens is 250 g/mol. The standard InChI is InChI=1S/C14H22ClNS/c1-11(12-7-5-6-8-13(12)15)16-9-10-17-14(2,3)4/h5-8,11,16H,9-10H2,1-4H3/t11-/m0/s1. The predicted molar refractivity (Wildman–Crippen MR) is 80.1 cm³/mol. The summed E-state index contributed by atoms with van der Waals surface area (Å²) in [6, 6.07) is 8.33. The third-order valence-electron chi connectivity index (χ3n) is 2.46. The first-order valence-corrected chi connectivity index (χ1v) is 7.38. The molecule has 1 nitrogen and oxygen atoms in total. The zero-order chi connectivity index (χ0) is 12.9. The van der Waals surface area contributed by atoms with Crippen LogP contribution in [0.5, 0.6) is 0 Å². The average molecular weight is 272 g/mol. The first-order valence-electron chi connectivity index (χ1n) is 6.02. The van der Waals surface area contributed by atoms with Gasteiger partial charge < -0.3 is 5.32 Å². The summed E-state index contributed by atoms with van der Waals surface area (Å²) in [6.07, 6.45) is 0. The molecule has 0 bridgehead atoms. The topological polar surface area (TPSA) is 12.0 Å². The molecule has 1 N–H and O–H groups in total. The number of hydrogen-bond donors (Lipinski definition) is 1. The minimum atomic E-state index is 0.310. The van der Waals surface area contributed by atoms with Gasteiger partial charge in [-0.15, -0.1) is 0 Å². The summed E-state index contributed by atoms with van der Waals surface area (Å²) in [4.78, 5) is 0. The highest BCUT2D eigenvalue weighted by atomic mass is 35.5. The van der Waals surface area contributed by atoms with Crippen molar-refractivity contribution in [2.24, 2.45) is 0 Å². The minimum absolute atomic E-state index is 0.310. The largest absolute Gasteiger partial charge is 0.309 e. The van der Waals surface area contributed by atoms with Gasteiger partial charge in [0.1, 0.15) is 0 Å². The van der Waals surface area contributed by atoms with Crippen molar-refractivity contribution in [1.82, 2.24) is 5.32 Å². The molecule has 1 atom stereocenters. The van der Waals surface area contributed by atoms with Crippen LogP contribution in [0.1, 0.15) is 39.3 Å². The summed E-state index contributed by atoms with van der Waals surface area (Å²) in [5.74, 6) is 1.12. The Bertz CT molecular complexity index is 346. The van der Waals surface area contributed by atoms with Gasteiger partial charge >= 0.3 is 0 Å². The fourth-order valence-corrected chi connectivity index (χ4v) is 2.70. The number of hydrogen-bond acceptors (Lipinski definition) is 2. The Morgan fingerprint density at radius 3 is 2.53 bits per heavy atom. The van der Waals surface area contributed by atoms with E-state index in [1.165, 1.54) is 5.56 Å². The highest BCUT2D eigenvalue weighted by molar-refractivity contribution is 8.00. The second-order valence-electron chi connectivity index (χ2n) is 5.16. The molecule has 0 saturated heterocycles. The molecule has 0 fully saturated rings. The normalized spacial score (nSPS) is 13.7. The van der Waals surface area contributed by atoms with Gasteiger partial charge in [-0.3, -0.25) is 0 Å². The van der Waals surface area contributed by atoms with Crippen LogP contribution in [0.25, 0.3) is 0 Å². The zero-order valence-electron chi connectivity index (χ0n) is 11.1. The molecule has 1 rings (SSSR count). The van der Waals surface area contributed by atoms with Crippen LogP contribution < -0.4 is 5.32 Å². The van der Waals surface area contributed by atoms with Crippen molar-refractivity contribution >= 4 is 23.4 Å². The van der Waals surface area contributed by atoms with Crippen molar-refractivity contribution in [1.29, 1.82) is 0 Å². The predicted octanol–water partition coefficient (Wildman–Crippen LogP) is 4.52. The van der Waals surface area contributed by atoms with E-state index in [-0.39, 0.29) is 0 Å². The molecule has 0 amide bonds. The third kappa shape index (κ3) is 5.80. The molecule has 3 heteroatoms. The van der Waals surface area contributed by atoms with Crippen LogP contribution in [-0.4, -0.2) is 17.0 Å². The third-order valence-corrected chi connectivity index (χ3v) is 4.08. The van der Waals surface area contributed by atoms with E-state index < -0.39 is 0 Å². The molecule has 0 radical (unpaired) electrons. The van der Waals surface area contributed by atoms with Gasteiger partial charge in [0.15, 0.2) is 0 Å². The molecule has 0 unspecified atom stereocenters. The van der Waals surface area contributed by atoms with E-state index >= 15 is 0 Å². The number of rotatable bonds is 5. The highest BCUT2D eigenvalue weighted by Crippen LogP contribution is 2.24. The molecule has 0 aliphatic heterocycles. The molecule has 96 valence electrons. The lowest BCUT2D eigenvalue weighted by Crippen LogP contribution is -2.23. The van der Waals surface area contributed by atoms with Crippen LogP contribution >= 0.6 is 23.4 Å². The first kappa shape index (κ1) is 14.9. The monoisotopic (exact) mass is 271 g/mol. The maximum atomic E-state index is 6.16. The second kappa shape index (κ2) is 6.67. The second-order valence-corrected chi connectivity index (χ2v) is 7.49. The van der Waals surface area contributed by atoms with Crippen LogP contribution in [0, 0.1) is 0 Å². The fraction of sp³-hybridized carbons (Fsp3) is 0.571. The van der Waals surface area contributed by atoms with Crippen molar-refractivity contribution in [3.05, 3.63) is 34.9 Å². The molecule has 1 aromatic rings. The number of benzene rings is 1. The van der Waals surface area contributed by atoms with Crippen molar-refractivity contribution < 1.29 is 0 Å². The molecular formula is C14H22ClNS. The summed E-state index contributed by atoms with van der Waals surface area (Å²) < 4.78 is 0.343. The lowest BCUT2D eigenvalue weighted by molar-refractivity contribution is 0.600. The van der Waals surface area contributed by atoms with Crippen molar-refractivity contribution in [3.8, 4) is 0 Å². The van der Waals surface area contributed by atoms with Crippen LogP contribution in [-0.2, 0) is 0 Å². The summed E-state index contributed by atoms with van der Waals surface area (Å²) in [7, 11) is 0. The van der Waals surface area contributed by atoms with Crippen LogP contribution in [0.4, 0.5) is 0 Å². The van der Waals surface area contributed by atoms with E-state index in [1.807, 2.05) is 30.0 Å². The Morgan fingerprint density at radius 1 is 1.29 bits per heavy atom. The summed E-state index contributed by atoms with van der Waals surface area (Å²) in [6.45, 7) is 9.90. The lowest BCUT2D eigenvalue weighted by atomic mass is 10.1. The van der Waals surface area contributed by atoms with Gasteiger partial charge in [-0.2, -0.15) is 11.8 Å². The maximum Gasteiger partial charge on any atom is 0.0453 e. The zero-order valence-corrected chi connectivity index (χ0v) is 12.7. The quantitative estimate of drug-likeness (QED) is 0.790. The molecule has 0 heterocycles. The van der Waals surface area contributed by atoms with Gasteiger partial charge in [-0.1, -0.05) is 50.6 Å². The van der Waals surface area contributed by atoms with Crippen molar-refractivity contribution in [2.75, 3.05) is 12.3 Å². The molecule has 1 aromatic carbocycles. The summed E-state index contributed by atoms with van der Waals surface area (Å²) in [5, 5.41) is 4.35. The smallest absolute Gasteiger partial charge is 0.0453 e.